The molecule has 2 aliphatic rings. The molecule has 146 valence electrons. The van der Waals surface area contributed by atoms with Crippen LogP contribution in [0.4, 0.5) is 5.69 Å². The second-order valence-corrected chi connectivity index (χ2v) is 8.94. The lowest BCUT2D eigenvalue weighted by Crippen LogP contribution is -2.51. The van der Waals surface area contributed by atoms with Gasteiger partial charge in [-0.2, -0.15) is 0 Å². The van der Waals surface area contributed by atoms with Crippen LogP contribution in [0.1, 0.15) is 35.1 Å². The van der Waals surface area contributed by atoms with Gasteiger partial charge in [-0.25, -0.2) is 0 Å². The molecule has 29 heavy (non-hydrogen) atoms. The van der Waals surface area contributed by atoms with Crippen molar-refractivity contribution in [1.82, 2.24) is 5.32 Å². The van der Waals surface area contributed by atoms with Crippen molar-refractivity contribution in [2.75, 3.05) is 6.54 Å². The van der Waals surface area contributed by atoms with E-state index < -0.39 is 0 Å². The van der Waals surface area contributed by atoms with Gasteiger partial charge >= 0.3 is 0 Å². The van der Waals surface area contributed by atoms with Crippen molar-refractivity contribution in [2.24, 2.45) is 4.99 Å². The van der Waals surface area contributed by atoms with Crippen LogP contribution < -0.4 is 5.32 Å². The molecule has 5 rings (SSSR count). The van der Waals surface area contributed by atoms with E-state index in [1.807, 2.05) is 42.5 Å². The summed E-state index contributed by atoms with van der Waals surface area (Å²) in [4.78, 5) is 4.82. The molecule has 0 amide bonds. The van der Waals surface area contributed by atoms with Crippen molar-refractivity contribution in [3.05, 3.63) is 98.5 Å². The van der Waals surface area contributed by atoms with Gasteiger partial charge in [0.05, 0.1) is 11.1 Å². The van der Waals surface area contributed by atoms with Crippen LogP contribution in [0.2, 0.25) is 15.1 Å². The molecule has 2 aliphatic heterocycles. The van der Waals surface area contributed by atoms with E-state index in [9.17, 15) is 0 Å². The maximum Gasteiger partial charge on any atom is 0.0683 e. The fraction of sp³-hybridized carbons (Fsp3) is 0.208. The first-order valence-electron chi connectivity index (χ1n) is 9.68. The van der Waals surface area contributed by atoms with Crippen LogP contribution in [-0.4, -0.2) is 12.8 Å². The Morgan fingerprint density at radius 1 is 0.897 bits per heavy atom. The smallest absolute Gasteiger partial charge is 0.0683 e. The average molecular weight is 442 g/mol. The third kappa shape index (κ3) is 3.10. The lowest BCUT2D eigenvalue weighted by Gasteiger charge is -2.47. The van der Waals surface area contributed by atoms with Gasteiger partial charge in [0.25, 0.3) is 0 Å². The van der Waals surface area contributed by atoms with Gasteiger partial charge in [-0.05, 0) is 60.0 Å². The zero-order chi connectivity index (χ0) is 20.0. The minimum absolute atomic E-state index is 0.0138. The first kappa shape index (κ1) is 19.1. The summed E-state index contributed by atoms with van der Waals surface area (Å²) >= 11 is 19.3. The summed E-state index contributed by atoms with van der Waals surface area (Å²) in [6.45, 7) is 0.881. The number of piperidine rings is 1. The lowest BCUT2D eigenvalue weighted by molar-refractivity contribution is 0.270. The van der Waals surface area contributed by atoms with Gasteiger partial charge in [-0.15, -0.1) is 0 Å². The van der Waals surface area contributed by atoms with Gasteiger partial charge in [-0.3, -0.25) is 4.99 Å². The van der Waals surface area contributed by atoms with Gasteiger partial charge in [0.15, 0.2) is 0 Å². The predicted octanol–water partition coefficient (Wildman–Crippen LogP) is 7.12. The maximum atomic E-state index is 6.66. The summed E-state index contributed by atoms with van der Waals surface area (Å²) < 4.78 is 0. The zero-order valence-electron chi connectivity index (χ0n) is 15.6. The second-order valence-electron chi connectivity index (χ2n) is 7.66. The van der Waals surface area contributed by atoms with Crippen molar-refractivity contribution in [1.29, 1.82) is 0 Å². The Morgan fingerprint density at radius 2 is 1.72 bits per heavy atom. The van der Waals surface area contributed by atoms with Gasteiger partial charge < -0.3 is 5.32 Å². The summed E-state index contributed by atoms with van der Waals surface area (Å²) in [6, 6.07) is 22.2. The maximum absolute atomic E-state index is 6.66. The Morgan fingerprint density at radius 3 is 2.55 bits per heavy atom. The van der Waals surface area contributed by atoms with Crippen LogP contribution in [0.25, 0.3) is 0 Å². The van der Waals surface area contributed by atoms with Crippen LogP contribution >= 0.6 is 34.8 Å². The number of hydrogen-bond donors (Lipinski definition) is 1. The molecule has 1 N–H and O–H groups in total. The molecule has 1 spiro atoms. The number of rotatable bonds is 2. The highest BCUT2D eigenvalue weighted by atomic mass is 35.5. The topological polar surface area (TPSA) is 24.4 Å². The quantitative estimate of drug-likeness (QED) is 0.450. The Balaban J connectivity index is 1.76. The molecule has 2 heterocycles. The van der Waals surface area contributed by atoms with Crippen LogP contribution in [0.15, 0.2) is 71.7 Å². The fourth-order valence-electron chi connectivity index (χ4n) is 4.95. The molecule has 2 nitrogen and oxygen atoms in total. The number of halogens is 3. The summed E-state index contributed by atoms with van der Waals surface area (Å²) in [5, 5.41) is 5.93. The van der Waals surface area contributed by atoms with E-state index in [4.69, 9.17) is 39.8 Å². The molecule has 0 unspecified atom stereocenters. The van der Waals surface area contributed by atoms with E-state index in [1.165, 1.54) is 11.1 Å². The SMILES string of the molecule is Clc1cccc([C@@H]2CCN[C@@H](c3ccccc3Cl)[C@@]23C=Nc2cc(Cl)ccc23)c1. The zero-order valence-corrected chi connectivity index (χ0v) is 17.8. The highest BCUT2D eigenvalue weighted by molar-refractivity contribution is 6.31. The Kier molecular flexibility index (Phi) is 4.92. The monoisotopic (exact) mass is 440 g/mol. The number of nitrogens with zero attached hydrogens (tertiary/aromatic N) is 1. The summed E-state index contributed by atoms with van der Waals surface area (Å²) in [7, 11) is 0. The molecule has 1 saturated heterocycles. The summed E-state index contributed by atoms with van der Waals surface area (Å²) in [6.07, 6.45) is 3.06. The van der Waals surface area contributed by atoms with E-state index in [2.05, 4.69) is 35.8 Å². The average Bonchev–Trinajstić information content (AvgIpc) is 3.07. The molecule has 1 fully saturated rings. The van der Waals surface area contributed by atoms with E-state index in [-0.39, 0.29) is 17.4 Å². The van der Waals surface area contributed by atoms with E-state index in [1.54, 1.807) is 0 Å². The normalized spacial score (nSPS) is 25.3. The van der Waals surface area contributed by atoms with Crippen LogP contribution in [0, 0.1) is 0 Å². The third-order valence-electron chi connectivity index (χ3n) is 6.15. The lowest BCUT2D eigenvalue weighted by atomic mass is 9.60. The molecule has 3 aromatic carbocycles. The molecule has 5 heteroatoms. The third-order valence-corrected chi connectivity index (χ3v) is 6.96. The van der Waals surface area contributed by atoms with Crippen LogP contribution in [0.3, 0.4) is 0 Å². The van der Waals surface area contributed by atoms with Gasteiger partial charge in [0.1, 0.15) is 0 Å². The highest BCUT2D eigenvalue weighted by Crippen LogP contribution is 2.56. The number of benzene rings is 3. The molecule has 0 bridgehead atoms. The molecular weight excluding hydrogens is 423 g/mol. The van der Waals surface area contributed by atoms with E-state index in [0.717, 1.165) is 34.3 Å². The van der Waals surface area contributed by atoms with Crippen molar-refractivity contribution in [2.45, 2.75) is 23.8 Å². The molecule has 0 radical (unpaired) electrons. The largest absolute Gasteiger partial charge is 0.309 e. The molecular formula is C24H19Cl3N2. The van der Waals surface area contributed by atoms with Crippen molar-refractivity contribution in [3.8, 4) is 0 Å². The summed E-state index contributed by atoms with van der Waals surface area (Å²) in [5.41, 5.74) is 4.00. The summed E-state index contributed by atoms with van der Waals surface area (Å²) in [5.74, 6) is 0.204. The molecule has 0 aliphatic carbocycles. The molecule has 0 aromatic heterocycles. The molecule has 3 aromatic rings. The Labute approximate surface area is 185 Å². The minimum atomic E-state index is -0.381. The van der Waals surface area contributed by atoms with Crippen LogP contribution in [0.5, 0.6) is 0 Å². The van der Waals surface area contributed by atoms with Crippen molar-refractivity contribution in [3.63, 3.8) is 0 Å². The van der Waals surface area contributed by atoms with Crippen LogP contribution in [-0.2, 0) is 5.41 Å². The predicted molar refractivity (Wildman–Crippen MR) is 122 cm³/mol. The van der Waals surface area contributed by atoms with E-state index >= 15 is 0 Å². The first-order chi connectivity index (χ1) is 14.1. The Bertz CT molecular complexity index is 1110. The number of fused-ring (bicyclic) bond motifs is 2. The fourth-order valence-corrected chi connectivity index (χ4v) is 5.56. The van der Waals surface area contributed by atoms with E-state index in [0.29, 0.717) is 5.02 Å². The minimum Gasteiger partial charge on any atom is -0.309 e. The van der Waals surface area contributed by atoms with Gasteiger partial charge in [0.2, 0.25) is 0 Å². The standard InChI is InChI=1S/C24H19Cl3N2/c25-16-5-3-4-15(12-16)19-10-11-28-23(18-6-1-2-7-21(18)27)24(19)14-29-22-13-17(26)8-9-20(22)24/h1-9,12-14,19,23,28H,10-11H2/t19-,23-,24-/m0/s1. The van der Waals surface area contributed by atoms with Gasteiger partial charge in [-0.1, -0.05) is 71.2 Å². The number of nitrogens with one attached hydrogen (secondary N) is 1. The van der Waals surface area contributed by atoms with Crippen molar-refractivity contribution < 1.29 is 0 Å². The van der Waals surface area contributed by atoms with Gasteiger partial charge in [0, 0.05) is 33.2 Å². The molecule has 0 saturated carbocycles. The highest BCUT2D eigenvalue weighted by Gasteiger charge is 2.52. The number of hydrogen-bond acceptors (Lipinski definition) is 2. The molecule has 3 atom stereocenters. The number of aliphatic imine (C=N–C) groups is 1. The Hall–Kier alpha value is -1.84. The first-order valence-corrected chi connectivity index (χ1v) is 10.8. The second kappa shape index (κ2) is 7.45. The van der Waals surface area contributed by atoms with Crippen molar-refractivity contribution >= 4 is 46.7 Å².